The summed E-state index contributed by atoms with van der Waals surface area (Å²) in [6.07, 6.45) is 6.21. The number of ether oxygens (including phenoxy) is 1. The Kier molecular flexibility index (Phi) is 6.92. The molecule has 3 heterocycles. The molecule has 38 heavy (non-hydrogen) atoms. The van der Waals surface area contributed by atoms with Gasteiger partial charge in [-0.15, -0.1) is 0 Å². The molecule has 2 aliphatic heterocycles. The van der Waals surface area contributed by atoms with Gasteiger partial charge in [0.1, 0.15) is 5.75 Å². The lowest BCUT2D eigenvalue weighted by atomic mass is 9.81. The first kappa shape index (κ1) is 25.4. The van der Waals surface area contributed by atoms with Crippen LogP contribution in [0.1, 0.15) is 60.4 Å². The Balaban J connectivity index is 1.58. The number of sulfonamides is 1. The number of likely N-dealkylation sites (N-methyl/N-ethyl adjacent to an activating group) is 1. The summed E-state index contributed by atoms with van der Waals surface area (Å²) in [6, 6.07) is 13.9. The van der Waals surface area contributed by atoms with Gasteiger partial charge in [0.25, 0.3) is 5.91 Å². The molecule has 1 atom stereocenters. The third-order valence-electron chi connectivity index (χ3n) is 8.27. The third-order valence-corrected chi connectivity index (χ3v) is 9.59. The molecular weight excluding hydrogens is 500 g/mol. The zero-order valence-corrected chi connectivity index (χ0v) is 22.7. The number of para-hydroxylation sites is 1. The number of carbonyl (C=O) groups excluding carboxylic acids is 1. The molecule has 2 aromatic carbocycles. The van der Waals surface area contributed by atoms with Crippen molar-refractivity contribution in [3.63, 3.8) is 0 Å². The van der Waals surface area contributed by atoms with Gasteiger partial charge in [-0.3, -0.25) is 9.69 Å². The highest BCUT2D eigenvalue weighted by Gasteiger charge is 2.33. The number of nitrogens with one attached hydrogen (secondary N) is 2. The van der Waals surface area contributed by atoms with Gasteiger partial charge in [0.05, 0.1) is 18.0 Å². The molecule has 9 heteroatoms. The Morgan fingerprint density at radius 2 is 1.82 bits per heavy atom. The molecule has 2 N–H and O–H groups in total. The van der Waals surface area contributed by atoms with Gasteiger partial charge in [-0.1, -0.05) is 37.5 Å². The van der Waals surface area contributed by atoms with Gasteiger partial charge in [-0.2, -0.15) is 0 Å². The van der Waals surface area contributed by atoms with Crippen LogP contribution in [0.2, 0.25) is 0 Å². The van der Waals surface area contributed by atoms with Gasteiger partial charge in [0.15, 0.2) is 6.23 Å². The minimum absolute atomic E-state index is 0.1000. The Labute approximate surface area is 224 Å². The van der Waals surface area contributed by atoms with E-state index in [4.69, 9.17) is 4.74 Å². The molecule has 1 fully saturated rings. The monoisotopic (exact) mass is 536 g/mol. The second-order valence-corrected chi connectivity index (χ2v) is 12.7. The number of rotatable bonds is 1. The van der Waals surface area contributed by atoms with Gasteiger partial charge in [-0.05, 0) is 68.6 Å². The van der Waals surface area contributed by atoms with Crippen molar-refractivity contribution in [2.24, 2.45) is 0 Å². The summed E-state index contributed by atoms with van der Waals surface area (Å²) in [6.45, 7) is 2.62. The van der Waals surface area contributed by atoms with Crippen LogP contribution in [0.3, 0.4) is 0 Å². The number of amides is 1. The number of hydrogen-bond donors (Lipinski definition) is 2. The van der Waals surface area contributed by atoms with Gasteiger partial charge in [0, 0.05) is 35.1 Å². The maximum Gasteiger partial charge on any atom is 0.264 e. The number of fused-ring (bicyclic) bond motifs is 4. The average Bonchev–Trinajstić information content (AvgIpc) is 3.12. The van der Waals surface area contributed by atoms with Crippen LogP contribution in [0, 0.1) is 0 Å². The largest absolute Gasteiger partial charge is 0.473 e. The Morgan fingerprint density at radius 3 is 2.66 bits per heavy atom. The molecule has 1 aromatic heterocycles. The van der Waals surface area contributed by atoms with Crippen LogP contribution < -0.4 is 14.8 Å². The zero-order chi connectivity index (χ0) is 26.3. The first-order chi connectivity index (χ1) is 18.4. The summed E-state index contributed by atoms with van der Waals surface area (Å²) in [5, 5.41) is 4.48. The normalized spacial score (nSPS) is 23.1. The summed E-state index contributed by atoms with van der Waals surface area (Å²) in [4.78, 5) is 15.3. The van der Waals surface area contributed by atoms with E-state index in [2.05, 4.69) is 44.8 Å². The lowest BCUT2D eigenvalue weighted by Gasteiger charge is -2.28. The first-order valence-electron chi connectivity index (χ1n) is 13.8. The predicted octanol–water partition coefficient (Wildman–Crippen LogP) is 4.06. The zero-order valence-electron chi connectivity index (χ0n) is 21.9. The van der Waals surface area contributed by atoms with Crippen molar-refractivity contribution in [3.05, 3.63) is 53.6 Å². The van der Waals surface area contributed by atoms with E-state index >= 15 is 0 Å². The van der Waals surface area contributed by atoms with Crippen molar-refractivity contribution in [3.8, 4) is 17.0 Å². The van der Waals surface area contributed by atoms with Gasteiger partial charge in [-0.25, -0.2) is 13.1 Å². The molecule has 3 aromatic rings. The standard InChI is InChI=1S/C29H36N4O4S/c1-32-16-15-30-14-7-17-38(35,36)31-29(34)21-12-13-22-24(18-21)33-19-26(32)37-25-11-6-5-10-23(25)28(33)27(22)20-8-3-2-4-9-20/h5-6,10-13,18,20,26,30H,2-4,7-9,14-17,19H2,1H3,(H,31,34)/t26-/m0/s1. The van der Waals surface area contributed by atoms with E-state index in [0.717, 1.165) is 41.6 Å². The first-order valence-corrected chi connectivity index (χ1v) is 15.4. The Bertz CT molecular complexity index is 1460. The minimum Gasteiger partial charge on any atom is -0.473 e. The maximum absolute atomic E-state index is 13.1. The number of hydrogen-bond acceptors (Lipinski definition) is 6. The molecule has 0 radical (unpaired) electrons. The predicted molar refractivity (Wildman–Crippen MR) is 149 cm³/mol. The van der Waals surface area contributed by atoms with E-state index < -0.39 is 15.9 Å². The number of nitrogens with zero attached hydrogens (tertiary/aromatic N) is 2. The average molecular weight is 537 g/mol. The summed E-state index contributed by atoms with van der Waals surface area (Å²) in [7, 11) is -1.65. The molecule has 0 spiro atoms. The lowest BCUT2D eigenvalue weighted by Crippen LogP contribution is -2.43. The van der Waals surface area contributed by atoms with E-state index in [1.54, 1.807) is 6.07 Å². The van der Waals surface area contributed by atoms with E-state index in [0.29, 0.717) is 37.5 Å². The highest BCUT2D eigenvalue weighted by Crippen LogP contribution is 2.47. The fraction of sp³-hybridized carbons (Fsp3) is 0.483. The van der Waals surface area contributed by atoms with Crippen LogP contribution in [-0.4, -0.2) is 62.5 Å². The lowest BCUT2D eigenvalue weighted by molar-refractivity contribution is 0.0358. The van der Waals surface area contributed by atoms with Crippen LogP contribution >= 0.6 is 0 Å². The van der Waals surface area contributed by atoms with Crippen LogP contribution in [0.25, 0.3) is 22.2 Å². The quantitative estimate of drug-likeness (QED) is 0.487. The molecule has 0 saturated heterocycles. The molecular formula is C29H36N4O4S. The molecule has 202 valence electrons. The fourth-order valence-electron chi connectivity index (χ4n) is 6.30. The molecule has 4 bridgehead atoms. The SMILES string of the molecule is CN1CCNCCCS(=O)(=O)NC(=O)c2ccc3c(C4CCCCC4)c4n(c3c2)C[C@@H]1Oc1ccccc1-4. The minimum atomic E-state index is -3.72. The van der Waals surface area contributed by atoms with E-state index in [1.165, 1.54) is 30.5 Å². The van der Waals surface area contributed by atoms with Crippen LogP contribution in [-0.2, 0) is 16.6 Å². The molecule has 1 aliphatic carbocycles. The maximum atomic E-state index is 13.1. The highest BCUT2D eigenvalue weighted by atomic mass is 32.2. The van der Waals surface area contributed by atoms with Crippen molar-refractivity contribution in [1.29, 1.82) is 0 Å². The van der Waals surface area contributed by atoms with Crippen LogP contribution in [0.4, 0.5) is 0 Å². The van der Waals surface area contributed by atoms with Crippen molar-refractivity contribution in [1.82, 2.24) is 19.5 Å². The molecule has 0 unspecified atom stereocenters. The van der Waals surface area contributed by atoms with Gasteiger partial charge < -0.3 is 14.6 Å². The topological polar surface area (TPSA) is 92.7 Å². The van der Waals surface area contributed by atoms with Crippen LogP contribution in [0.15, 0.2) is 42.5 Å². The van der Waals surface area contributed by atoms with Crippen molar-refractivity contribution >= 4 is 26.8 Å². The number of carbonyl (C=O) groups is 1. The summed E-state index contributed by atoms with van der Waals surface area (Å²) in [5.74, 6) is 0.624. The molecule has 3 aliphatic rings. The molecule has 6 rings (SSSR count). The number of benzene rings is 2. The fourth-order valence-corrected chi connectivity index (χ4v) is 7.33. The third kappa shape index (κ3) is 4.83. The number of aromatic nitrogens is 1. The van der Waals surface area contributed by atoms with E-state index in [9.17, 15) is 13.2 Å². The van der Waals surface area contributed by atoms with Crippen molar-refractivity contribution < 1.29 is 17.9 Å². The Morgan fingerprint density at radius 1 is 1.00 bits per heavy atom. The molecule has 1 amide bonds. The molecule has 1 saturated carbocycles. The smallest absolute Gasteiger partial charge is 0.264 e. The van der Waals surface area contributed by atoms with Gasteiger partial charge in [0.2, 0.25) is 10.0 Å². The second-order valence-electron chi connectivity index (χ2n) is 10.8. The van der Waals surface area contributed by atoms with E-state index in [-0.39, 0.29) is 12.0 Å². The van der Waals surface area contributed by atoms with Crippen molar-refractivity contribution in [2.45, 2.75) is 57.2 Å². The summed E-state index contributed by atoms with van der Waals surface area (Å²) >= 11 is 0. The summed E-state index contributed by atoms with van der Waals surface area (Å²) < 4.78 is 36.5. The Hall–Kier alpha value is -2.88. The molecule has 8 nitrogen and oxygen atoms in total. The van der Waals surface area contributed by atoms with Gasteiger partial charge >= 0.3 is 0 Å². The van der Waals surface area contributed by atoms with E-state index in [1.807, 2.05) is 18.2 Å². The summed E-state index contributed by atoms with van der Waals surface area (Å²) in [5.41, 5.74) is 4.88. The highest BCUT2D eigenvalue weighted by molar-refractivity contribution is 7.90. The van der Waals surface area contributed by atoms with Crippen molar-refractivity contribution in [2.75, 3.05) is 32.4 Å². The second kappa shape index (κ2) is 10.4. The van der Waals surface area contributed by atoms with Crippen LogP contribution in [0.5, 0.6) is 5.75 Å².